The molecule has 2 fully saturated rings. The van der Waals surface area contributed by atoms with Gasteiger partial charge in [0.15, 0.2) is 0 Å². The smallest absolute Gasteiger partial charge is 0.222 e. The van der Waals surface area contributed by atoms with Crippen LogP contribution in [0.15, 0.2) is 18.2 Å². The molecule has 136 valence electrons. The lowest BCUT2D eigenvalue weighted by Crippen LogP contribution is -2.47. The van der Waals surface area contributed by atoms with Crippen LogP contribution in [0.2, 0.25) is 0 Å². The van der Waals surface area contributed by atoms with Crippen LogP contribution in [0.3, 0.4) is 0 Å². The molecule has 0 atom stereocenters. The molecule has 1 aliphatic carbocycles. The molecule has 1 aromatic carbocycles. The van der Waals surface area contributed by atoms with Crippen LogP contribution in [0, 0.1) is 0 Å². The Morgan fingerprint density at radius 2 is 1.72 bits per heavy atom. The summed E-state index contributed by atoms with van der Waals surface area (Å²) in [4.78, 5) is 19.1. The summed E-state index contributed by atoms with van der Waals surface area (Å²) in [5.74, 6) is 0.362. The van der Waals surface area contributed by atoms with Gasteiger partial charge in [-0.25, -0.2) is 0 Å². The van der Waals surface area contributed by atoms with Gasteiger partial charge in [-0.15, -0.1) is 0 Å². The van der Waals surface area contributed by atoms with E-state index in [2.05, 4.69) is 28.0 Å². The molecule has 1 aromatic rings. The van der Waals surface area contributed by atoms with Crippen LogP contribution >= 0.6 is 0 Å². The number of aryl methyl sites for hydroxylation is 1. The van der Waals surface area contributed by atoms with E-state index in [1.807, 2.05) is 4.90 Å². The molecule has 2 aliphatic heterocycles. The number of benzene rings is 1. The van der Waals surface area contributed by atoms with Crippen molar-refractivity contribution in [3.8, 4) is 0 Å². The van der Waals surface area contributed by atoms with Gasteiger partial charge in [0.1, 0.15) is 0 Å². The first kappa shape index (κ1) is 16.9. The molecule has 0 N–H and O–H groups in total. The molecule has 4 rings (SSSR count). The van der Waals surface area contributed by atoms with E-state index >= 15 is 0 Å². The Morgan fingerprint density at radius 3 is 2.48 bits per heavy atom. The van der Waals surface area contributed by atoms with E-state index in [-0.39, 0.29) is 0 Å². The van der Waals surface area contributed by atoms with E-state index in [1.165, 1.54) is 37.8 Å². The zero-order valence-electron chi connectivity index (χ0n) is 15.4. The Kier molecular flexibility index (Phi) is 5.25. The van der Waals surface area contributed by atoms with Crippen molar-refractivity contribution in [2.75, 3.05) is 50.7 Å². The number of nitrogens with zero attached hydrogens (tertiary/aromatic N) is 3. The van der Waals surface area contributed by atoms with Gasteiger partial charge in [0.05, 0.1) is 0 Å². The summed E-state index contributed by atoms with van der Waals surface area (Å²) >= 11 is 0. The third-order valence-electron chi connectivity index (χ3n) is 6.16. The molecule has 25 heavy (non-hydrogen) atoms. The third kappa shape index (κ3) is 3.84. The number of hydrogen-bond acceptors (Lipinski definition) is 3. The fourth-order valence-corrected chi connectivity index (χ4v) is 4.45. The third-order valence-corrected chi connectivity index (χ3v) is 6.16. The largest absolute Gasteiger partial charge is 0.369 e. The molecule has 3 aliphatic rings. The highest BCUT2D eigenvalue weighted by molar-refractivity contribution is 5.76. The van der Waals surface area contributed by atoms with Crippen molar-refractivity contribution in [1.82, 2.24) is 9.80 Å². The SMILES string of the molecule is O=C(CCCN1CCN(c2cccc3c2CCCC3)CC1)N1CCC1. The van der Waals surface area contributed by atoms with Crippen molar-refractivity contribution in [3.63, 3.8) is 0 Å². The van der Waals surface area contributed by atoms with Gasteiger partial charge in [0, 0.05) is 51.4 Å². The topological polar surface area (TPSA) is 26.8 Å². The van der Waals surface area contributed by atoms with Crippen molar-refractivity contribution in [1.29, 1.82) is 0 Å². The maximum Gasteiger partial charge on any atom is 0.222 e. The number of carbonyl (C=O) groups is 1. The minimum absolute atomic E-state index is 0.362. The van der Waals surface area contributed by atoms with Crippen molar-refractivity contribution in [2.45, 2.75) is 44.9 Å². The highest BCUT2D eigenvalue weighted by Gasteiger charge is 2.23. The maximum atomic E-state index is 11.9. The van der Waals surface area contributed by atoms with Gasteiger partial charge in [-0.3, -0.25) is 9.69 Å². The molecular formula is C21H31N3O. The Morgan fingerprint density at radius 1 is 0.920 bits per heavy atom. The monoisotopic (exact) mass is 341 g/mol. The molecule has 0 radical (unpaired) electrons. The summed E-state index contributed by atoms with van der Waals surface area (Å²) in [6.45, 7) is 7.54. The highest BCUT2D eigenvalue weighted by Crippen LogP contribution is 2.31. The van der Waals surface area contributed by atoms with Crippen LogP contribution in [-0.4, -0.2) is 61.5 Å². The van der Waals surface area contributed by atoms with E-state index in [4.69, 9.17) is 0 Å². The average molecular weight is 341 g/mol. The summed E-state index contributed by atoms with van der Waals surface area (Å²) in [5.41, 5.74) is 4.68. The maximum absolute atomic E-state index is 11.9. The molecule has 0 bridgehead atoms. The molecular weight excluding hydrogens is 310 g/mol. The summed E-state index contributed by atoms with van der Waals surface area (Å²) in [7, 11) is 0. The van der Waals surface area contributed by atoms with Gasteiger partial charge in [-0.2, -0.15) is 0 Å². The van der Waals surface area contributed by atoms with E-state index < -0.39 is 0 Å². The molecule has 2 heterocycles. The number of hydrogen-bond donors (Lipinski definition) is 0. The number of amides is 1. The molecule has 1 amide bonds. The average Bonchev–Trinajstić information content (AvgIpc) is 2.60. The van der Waals surface area contributed by atoms with Gasteiger partial charge >= 0.3 is 0 Å². The van der Waals surface area contributed by atoms with Crippen molar-refractivity contribution in [3.05, 3.63) is 29.3 Å². The predicted octanol–water partition coefficient (Wildman–Crippen LogP) is 2.70. The lowest BCUT2D eigenvalue weighted by molar-refractivity contribution is -0.134. The molecule has 4 nitrogen and oxygen atoms in total. The van der Waals surface area contributed by atoms with Crippen LogP contribution in [0.1, 0.15) is 43.2 Å². The molecule has 4 heteroatoms. The zero-order valence-corrected chi connectivity index (χ0v) is 15.4. The van der Waals surface area contributed by atoms with Gasteiger partial charge in [-0.1, -0.05) is 12.1 Å². The molecule has 0 aromatic heterocycles. The first-order valence-electron chi connectivity index (χ1n) is 10.2. The van der Waals surface area contributed by atoms with Gasteiger partial charge in [0.25, 0.3) is 0 Å². The van der Waals surface area contributed by atoms with E-state index in [0.717, 1.165) is 58.7 Å². The van der Waals surface area contributed by atoms with Crippen LogP contribution < -0.4 is 4.90 Å². The van der Waals surface area contributed by atoms with Gasteiger partial charge < -0.3 is 9.80 Å². The van der Waals surface area contributed by atoms with E-state index in [0.29, 0.717) is 5.91 Å². The Labute approximate surface area is 151 Å². The van der Waals surface area contributed by atoms with E-state index in [9.17, 15) is 4.79 Å². The lowest BCUT2D eigenvalue weighted by Gasteiger charge is -2.38. The van der Waals surface area contributed by atoms with Crippen LogP contribution in [0.5, 0.6) is 0 Å². The molecule has 2 saturated heterocycles. The number of rotatable bonds is 5. The number of anilines is 1. The van der Waals surface area contributed by atoms with Crippen molar-refractivity contribution in [2.24, 2.45) is 0 Å². The minimum atomic E-state index is 0.362. The fraction of sp³-hybridized carbons (Fsp3) is 0.667. The first-order chi connectivity index (χ1) is 12.3. The number of likely N-dealkylation sites (tertiary alicyclic amines) is 1. The van der Waals surface area contributed by atoms with Crippen LogP contribution in [0.25, 0.3) is 0 Å². The highest BCUT2D eigenvalue weighted by atomic mass is 16.2. The van der Waals surface area contributed by atoms with Crippen LogP contribution in [0.4, 0.5) is 5.69 Å². The number of fused-ring (bicyclic) bond motifs is 1. The van der Waals surface area contributed by atoms with Crippen molar-refractivity contribution >= 4 is 11.6 Å². The molecule has 0 unspecified atom stereocenters. The Hall–Kier alpha value is -1.55. The standard InChI is InChI=1S/C21H31N3O/c25-21(24-12-5-13-24)10-4-11-22-14-16-23(17-15-22)20-9-3-7-18-6-1-2-8-19(18)20/h3,7,9H,1-2,4-6,8,10-17H2. The lowest BCUT2D eigenvalue weighted by atomic mass is 9.90. The Bertz CT molecular complexity index is 603. The number of carbonyl (C=O) groups excluding carboxylic acids is 1. The zero-order chi connectivity index (χ0) is 17.1. The van der Waals surface area contributed by atoms with Crippen LogP contribution in [-0.2, 0) is 17.6 Å². The fourth-order valence-electron chi connectivity index (χ4n) is 4.45. The second kappa shape index (κ2) is 7.77. The summed E-state index contributed by atoms with van der Waals surface area (Å²) < 4.78 is 0. The summed E-state index contributed by atoms with van der Waals surface area (Å²) in [5, 5.41) is 0. The van der Waals surface area contributed by atoms with E-state index in [1.54, 1.807) is 11.1 Å². The molecule has 0 saturated carbocycles. The summed E-state index contributed by atoms with van der Waals surface area (Å²) in [6.07, 6.45) is 8.13. The second-order valence-corrected chi connectivity index (χ2v) is 7.79. The number of piperazine rings is 1. The normalized spacial score (nSPS) is 21.0. The quantitative estimate of drug-likeness (QED) is 0.824. The molecule has 0 spiro atoms. The van der Waals surface area contributed by atoms with Gasteiger partial charge in [-0.05, 0) is 62.3 Å². The summed E-state index contributed by atoms with van der Waals surface area (Å²) in [6, 6.07) is 6.89. The van der Waals surface area contributed by atoms with Crippen molar-refractivity contribution < 1.29 is 4.79 Å². The first-order valence-corrected chi connectivity index (χ1v) is 10.2. The Balaban J connectivity index is 1.25. The second-order valence-electron chi connectivity index (χ2n) is 7.79. The minimum Gasteiger partial charge on any atom is -0.369 e. The van der Waals surface area contributed by atoms with Gasteiger partial charge in [0.2, 0.25) is 5.91 Å². The predicted molar refractivity (Wildman–Crippen MR) is 102 cm³/mol.